The Balaban J connectivity index is 2.42. The minimum absolute atomic E-state index is 0.216. The highest BCUT2D eigenvalue weighted by Crippen LogP contribution is 2.19. The van der Waals surface area contributed by atoms with Crippen molar-refractivity contribution in [1.29, 1.82) is 5.26 Å². The fraction of sp³-hybridized carbons (Fsp3) is 0.583. The van der Waals surface area contributed by atoms with E-state index in [-0.39, 0.29) is 5.91 Å². The molecule has 0 radical (unpaired) electrons. The summed E-state index contributed by atoms with van der Waals surface area (Å²) in [5, 5.41) is 15.8. The molecule has 1 N–H and O–H groups in total. The number of aromatic nitrogens is 2. The molecule has 0 saturated heterocycles. The van der Waals surface area contributed by atoms with Crippen LogP contribution in [0.1, 0.15) is 25.8 Å². The van der Waals surface area contributed by atoms with Crippen molar-refractivity contribution < 1.29 is 4.79 Å². The van der Waals surface area contributed by atoms with Gasteiger partial charge in [0.25, 0.3) is 0 Å². The second-order valence-electron chi connectivity index (χ2n) is 4.33. The molecular formula is C12H18N4O. The van der Waals surface area contributed by atoms with Gasteiger partial charge in [-0.25, -0.2) is 0 Å². The van der Waals surface area contributed by atoms with E-state index in [1.54, 1.807) is 17.8 Å². The van der Waals surface area contributed by atoms with Crippen LogP contribution in [0.15, 0.2) is 12.4 Å². The molecule has 0 aromatic carbocycles. The van der Waals surface area contributed by atoms with E-state index in [2.05, 4.69) is 10.4 Å². The highest BCUT2D eigenvalue weighted by molar-refractivity contribution is 5.84. The van der Waals surface area contributed by atoms with Gasteiger partial charge in [0.15, 0.2) is 0 Å². The van der Waals surface area contributed by atoms with Crippen LogP contribution in [0.25, 0.3) is 0 Å². The van der Waals surface area contributed by atoms with Gasteiger partial charge in [0.1, 0.15) is 5.41 Å². The van der Waals surface area contributed by atoms with Crippen molar-refractivity contribution in [3.63, 3.8) is 0 Å². The summed E-state index contributed by atoms with van der Waals surface area (Å²) in [4.78, 5) is 11.8. The number of amides is 1. The van der Waals surface area contributed by atoms with Crippen LogP contribution < -0.4 is 5.32 Å². The Morgan fingerprint density at radius 1 is 1.71 bits per heavy atom. The molecule has 5 nitrogen and oxygen atoms in total. The predicted octanol–water partition coefficient (Wildman–Crippen LogP) is 1.25. The number of hydrogen-bond acceptors (Lipinski definition) is 3. The molecule has 0 aliphatic carbocycles. The first-order valence-corrected chi connectivity index (χ1v) is 5.70. The van der Waals surface area contributed by atoms with E-state index < -0.39 is 5.41 Å². The number of nitrogens with zero attached hydrogens (tertiary/aromatic N) is 3. The zero-order valence-corrected chi connectivity index (χ0v) is 10.5. The minimum Gasteiger partial charge on any atom is -0.353 e. The third-order valence-corrected chi connectivity index (χ3v) is 2.84. The number of carbonyl (C=O) groups excluding carboxylic acids is 1. The molecule has 0 fully saturated rings. The standard InChI is InChI=1S/C12H18N4O/c1-4-12(3,9-13)11(17)14-5-6-16-8-10(2)7-15-16/h7-8H,4-6H2,1-3H3,(H,14,17). The van der Waals surface area contributed by atoms with Crippen LogP contribution in [-0.2, 0) is 11.3 Å². The Labute approximate surface area is 101 Å². The molecule has 1 unspecified atom stereocenters. The summed E-state index contributed by atoms with van der Waals surface area (Å²) in [6.45, 7) is 6.55. The summed E-state index contributed by atoms with van der Waals surface area (Å²) in [6.07, 6.45) is 4.19. The molecule has 1 atom stereocenters. The Morgan fingerprint density at radius 2 is 2.41 bits per heavy atom. The van der Waals surface area contributed by atoms with Gasteiger partial charge in [0.2, 0.25) is 5.91 Å². The van der Waals surface area contributed by atoms with Crippen molar-refractivity contribution in [2.75, 3.05) is 6.54 Å². The lowest BCUT2D eigenvalue weighted by Gasteiger charge is -2.18. The largest absolute Gasteiger partial charge is 0.353 e. The predicted molar refractivity (Wildman–Crippen MR) is 64.0 cm³/mol. The monoisotopic (exact) mass is 234 g/mol. The molecule has 0 aliphatic rings. The number of carbonyl (C=O) groups is 1. The molecule has 1 rings (SSSR count). The van der Waals surface area contributed by atoms with Crippen LogP contribution in [0.5, 0.6) is 0 Å². The maximum atomic E-state index is 11.8. The lowest BCUT2D eigenvalue weighted by molar-refractivity contribution is -0.127. The minimum atomic E-state index is -0.931. The van der Waals surface area contributed by atoms with Crippen molar-refractivity contribution in [1.82, 2.24) is 15.1 Å². The topological polar surface area (TPSA) is 70.7 Å². The maximum Gasteiger partial charge on any atom is 0.240 e. The summed E-state index contributed by atoms with van der Waals surface area (Å²) in [5.74, 6) is -0.216. The van der Waals surface area contributed by atoms with E-state index in [0.29, 0.717) is 19.5 Å². The molecule has 1 heterocycles. The van der Waals surface area contributed by atoms with Gasteiger partial charge in [-0.2, -0.15) is 10.4 Å². The molecule has 5 heteroatoms. The smallest absolute Gasteiger partial charge is 0.240 e. The van der Waals surface area contributed by atoms with Gasteiger partial charge >= 0.3 is 0 Å². The molecular weight excluding hydrogens is 216 g/mol. The second kappa shape index (κ2) is 5.48. The molecule has 17 heavy (non-hydrogen) atoms. The summed E-state index contributed by atoms with van der Waals surface area (Å²) in [6, 6.07) is 2.05. The van der Waals surface area contributed by atoms with Gasteiger partial charge in [0.05, 0.1) is 18.8 Å². The number of nitrogens with one attached hydrogen (secondary N) is 1. The van der Waals surface area contributed by atoms with Crippen molar-refractivity contribution in [2.45, 2.75) is 33.7 Å². The zero-order valence-electron chi connectivity index (χ0n) is 10.5. The molecule has 0 spiro atoms. The van der Waals surface area contributed by atoms with E-state index in [1.165, 1.54) is 0 Å². The van der Waals surface area contributed by atoms with E-state index in [9.17, 15) is 4.79 Å². The fourth-order valence-corrected chi connectivity index (χ4v) is 1.36. The van der Waals surface area contributed by atoms with E-state index in [4.69, 9.17) is 5.26 Å². The normalized spacial score (nSPS) is 13.8. The average molecular weight is 234 g/mol. The molecule has 1 amide bonds. The van der Waals surface area contributed by atoms with Crippen molar-refractivity contribution in [3.8, 4) is 6.07 Å². The Hall–Kier alpha value is -1.83. The van der Waals surface area contributed by atoms with Crippen LogP contribution in [0, 0.1) is 23.7 Å². The van der Waals surface area contributed by atoms with Gasteiger partial charge in [-0.05, 0) is 25.8 Å². The zero-order chi connectivity index (χ0) is 12.9. The molecule has 1 aromatic heterocycles. The van der Waals surface area contributed by atoms with E-state index >= 15 is 0 Å². The quantitative estimate of drug-likeness (QED) is 0.833. The summed E-state index contributed by atoms with van der Waals surface area (Å²) < 4.78 is 1.77. The van der Waals surface area contributed by atoms with Gasteiger partial charge in [-0.3, -0.25) is 9.48 Å². The van der Waals surface area contributed by atoms with Crippen molar-refractivity contribution in [3.05, 3.63) is 18.0 Å². The SMILES string of the molecule is CCC(C)(C#N)C(=O)NCCn1cc(C)cn1. The Bertz CT molecular complexity index is 432. The first kappa shape index (κ1) is 13.2. The molecule has 0 saturated carbocycles. The summed E-state index contributed by atoms with van der Waals surface area (Å²) in [5.41, 5.74) is 0.159. The third kappa shape index (κ3) is 3.31. The summed E-state index contributed by atoms with van der Waals surface area (Å²) >= 11 is 0. The second-order valence-corrected chi connectivity index (χ2v) is 4.33. The lowest BCUT2D eigenvalue weighted by atomic mass is 9.88. The number of rotatable bonds is 5. The average Bonchev–Trinajstić information content (AvgIpc) is 2.74. The molecule has 0 aliphatic heterocycles. The summed E-state index contributed by atoms with van der Waals surface area (Å²) in [7, 11) is 0. The fourth-order valence-electron chi connectivity index (χ4n) is 1.36. The highest BCUT2D eigenvalue weighted by atomic mass is 16.2. The van der Waals surface area contributed by atoms with Crippen LogP contribution in [-0.4, -0.2) is 22.2 Å². The van der Waals surface area contributed by atoms with Crippen LogP contribution in [0.4, 0.5) is 0 Å². The molecule has 92 valence electrons. The van der Waals surface area contributed by atoms with Crippen LogP contribution in [0.3, 0.4) is 0 Å². The molecule has 1 aromatic rings. The van der Waals surface area contributed by atoms with E-state index in [0.717, 1.165) is 5.56 Å². The van der Waals surface area contributed by atoms with Gasteiger partial charge in [-0.15, -0.1) is 0 Å². The lowest BCUT2D eigenvalue weighted by Crippen LogP contribution is -2.39. The maximum absolute atomic E-state index is 11.8. The highest BCUT2D eigenvalue weighted by Gasteiger charge is 2.30. The Morgan fingerprint density at radius 3 is 2.88 bits per heavy atom. The molecule has 0 bridgehead atoms. The third-order valence-electron chi connectivity index (χ3n) is 2.84. The first-order chi connectivity index (χ1) is 8.01. The number of nitriles is 1. The van der Waals surface area contributed by atoms with Crippen molar-refractivity contribution >= 4 is 5.91 Å². The first-order valence-electron chi connectivity index (χ1n) is 5.70. The van der Waals surface area contributed by atoms with Crippen LogP contribution >= 0.6 is 0 Å². The number of hydrogen-bond donors (Lipinski definition) is 1. The van der Waals surface area contributed by atoms with Gasteiger partial charge in [-0.1, -0.05) is 6.92 Å². The Kier molecular flexibility index (Phi) is 4.27. The van der Waals surface area contributed by atoms with Gasteiger partial charge in [0, 0.05) is 12.7 Å². The van der Waals surface area contributed by atoms with E-state index in [1.807, 2.05) is 26.1 Å². The van der Waals surface area contributed by atoms with Crippen LogP contribution in [0.2, 0.25) is 0 Å². The van der Waals surface area contributed by atoms with Gasteiger partial charge < -0.3 is 5.32 Å². The van der Waals surface area contributed by atoms with Crippen molar-refractivity contribution in [2.24, 2.45) is 5.41 Å². The number of aryl methyl sites for hydroxylation is 1.